The number of esters is 1. The summed E-state index contributed by atoms with van der Waals surface area (Å²) in [6, 6.07) is 11.2. The molecule has 0 bridgehead atoms. The number of hydrogen-bond acceptors (Lipinski definition) is 4. The third-order valence-electron chi connectivity index (χ3n) is 7.05. The molecule has 3 aromatic carbocycles. The molecule has 1 fully saturated rings. The van der Waals surface area contributed by atoms with E-state index in [2.05, 4.69) is 6.92 Å². The van der Waals surface area contributed by atoms with Gasteiger partial charge in [0, 0.05) is 11.1 Å². The Morgan fingerprint density at radius 1 is 0.800 bits per heavy atom. The van der Waals surface area contributed by atoms with Gasteiger partial charge in [0.2, 0.25) is 5.82 Å². The molecule has 4 rings (SSSR count). The predicted molar refractivity (Wildman–Crippen MR) is 145 cm³/mol. The normalized spacial score (nSPS) is 17.1. The van der Waals surface area contributed by atoms with E-state index in [4.69, 9.17) is 14.2 Å². The van der Waals surface area contributed by atoms with Gasteiger partial charge in [0.05, 0.1) is 24.9 Å². The van der Waals surface area contributed by atoms with Gasteiger partial charge in [0.25, 0.3) is 0 Å². The highest BCUT2D eigenvalue weighted by atomic mass is 19.2. The Morgan fingerprint density at radius 3 is 2.05 bits per heavy atom. The van der Waals surface area contributed by atoms with Crippen molar-refractivity contribution in [2.24, 2.45) is 0 Å². The summed E-state index contributed by atoms with van der Waals surface area (Å²) >= 11 is 0. The molecule has 1 saturated heterocycles. The quantitative estimate of drug-likeness (QED) is 0.134. The van der Waals surface area contributed by atoms with Crippen LogP contribution in [-0.2, 0) is 9.47 Å². The SMILES string of the molecule is CCCCCC1CCC(OC(=O)c2ccc(-c3ccc(-c4ccc(OCCC)c(F)c4F)cc3)c(F)c2F)CO1. The lowest BCUT2D eigenvalue weighted by atomic mass is 9.98. The lowest BCUT2D eigenvalue weighted by molar-refractivity contribution is -0.0693. The molecule has 40 heavy (non-hydrogen) atoms. The van der Waals surface area contributed by atoms with E-state index >= 15 is 4.39 Å². The van der Waals surface area contributed by atoms with Crippen LogP contribution in [0.2, 0.25) is 0 Å². The van der Waals surface area contributed by atoms with Gasteiger partial charge in [-0.05, 0) is 55.0 Å². The fraction of sp³-hybridized carbons (Fsp3) is 0.406. The molecule has 214 valence electrons. The van der Waals surface area contributed by atoms with Crippen molar-refractivity contribution in [3.05, 3.63) is 77.4 Å². The number of rotatable bonds is 11. The van der Waals surface area contributed by atoms with Crippen molar-refractivity contribution in [2.75, 3.05) is 13.2 Å². The van der Waals surface area contributed by atoms with E-state index in [1.54, 1.807) is 0 Å². The van der Waals surface area contributed by atoms with Crippen LogP contribution >= 0.6 is 0 Å². The van der Waals surface area contributed by atoms with Crippen LogP contribution < -0.4 is 4.74 Å². The Balaban J connectivity index is 1.43. The van der Waals surface area contributed by atoms with Crippen LogP contribution in [0.15, 0.2) is 48.5 Å². The molecule has 8 heteroatoms. The van der Waals surface area contributed by atoms with Gasteiger partial charge in [-0.15, -0.1) is 0 Å². The molecule has 0 aromatic heterocycles. The van der Waals surface area contributed by atoms with E-state index in [-0.39, 0.29) is 36.2 Å². The van der Waals surface area contributed by atoms with Gasteiger partial charge in [-0.1, -0.05) is 63.4 Å². The summed E-state index contributed by atoms with van der Waals surface area (Å²) < 4.78 is 75.5. The van der Waals surface area contributed by atoms with Gasteiger partial charge in [0.15, 0.2) is 23.2 Å². The van der Waals surface area contributed by atoms with E-state index in [1.165, 1.54) is 48.5 Å². The summed E-state index contributed by atoms with van der Waals surface area (Å²) in [5.41, 5.74) is 0.0955. The number of carbonyl (C=O) groups is 1. The van der Waals surface area contributed by atoms with Gasteiger partial charge >= 0.3 is 5.97 Å². The first-order chi connectivity index (χ1) is 19.3. The van der Waals surface area contributed by atoms with Crippen LogP contribution in [0.25, 0.3) is 22.3 Å². The minimum atomic E-state index is -1.31. The van der Waals surface area contributed by atoms with Crippen molar-refractivity contribution in [3.8, 4) is 28.0 Å². The summed E-state index contributed by atoms with van der Waals surface area (Å²) in [4.78, 5) is 12.6. The zero-order valence-electron chi connectivity index (χ0n) is 22.8. The van der Waals surface area contributed by atoms with Crippen LogP contribution in [0.1, 0.15) is 69.2 Å². The molecule has 1 aliphatic heterocycles. The summed E-state index contributed by atoms with van der Waals surface area (Å²) in [6.45, 7) is 4.49. The number of hydrogen-bond donors (Lipinski definition) is 0. The van der Waals surface area contributed by atoms with Crippen LogP contribution in [-0.4, -0.2) is 31.4 Å². The first-order valence-corrected chi connectivity index (χ1v) is 13.9. The summed E-state index contributed by atoms with van der Waals surface area (Å²) in [5, 5.41) is 0. The monoisotopic (exact) mass is 558 g/mol. The Hall–Kier alpha value is -3.39. The molecule has 0 saturated carbocycles. The summed E-state index contributed by atoms with van der Waals surface area (Å²) in [6.07, 6.45) is 5.95. The third-order valence-corrected chi connectivity index (χ3v) is 7.05. The lowest BCUT2D eigenvalue weighted by Crippen LogP contribution is -2.33. The Kier molecular flexibility index (Phi) is 10.2. The highest BCUT2D eigenvalue weighted by Crippen LogP contribution is 2.33. The second kappa shape index (κ2) is 13.8. The van der Waals surface area contributed by atoms with E-state index in [1.807, 2.05) is 6.92 Å². The molecule has 0 radical (unpaired) electrons. The molecule has 0 spiro atoms. The molecule has 2 atom stereocenters. The minimum absolute atomic E-state index is 0.0108. The Labute approximate surface area is 232 Å². The number of unbranched alkanes of at least 4 members (excludes halogenated alkanes) is 2. The molecule has 1 heterocycles. The minimum Gasteiger partial charge on any atom is -0.490 e. The van der Waals surface area contributed by atoms with Gasteiger partial charge in [-0.3, -0.25) is 0 Å². The summed E-state index contributed by atoms with van der Waals surface area (Å²) in [5.74, 6) is -5.77. The maximum atomic E-state index is 15.0. The van der Waals surface area contributed by atoms with E-state index in [0.717, 1.165) is 32.1 Å². The van der Waals surface area contributed by atoms with E-state index in [9.17, 15) is 18.0 Å². The topological polar surface area (TPSA) is 44.8 Å². The second-order valence-electron chi connectivity index (χ2n) is 10.0. The van der Waals surface area contributed by atoms with Crippen molar-refractivity contribution in [3.63, 3.8) is 0 Å². The van der Waals surface area contributed by atoms with Crippen molar-refractivity contribution in [1.29, 1.82) is 0 Å². The smallest absolute Gasteiger partial charge is 0.341 e. The average molecular weight is 559 g/mol. The summed E-state index contributed by atoms with van der Waals surface area (Å²) in [7, 11) is 0. The zero-order valence-corrected chi connectivity index (χ0v) is 22.8. The number of halogens is 4. The molecule has 4 nitrogen and oxygen atoms in total. The molecule has 0 aliphatic carbocycles. The average Bonchev–Trinajstić information content (AvgIpc) is 2.96. The molecule has 3 aromatic rings. The van der Waals surface area contributed by atoms with Crippen molar-refractivity contribution >= 4 is 5.97 Å². The molecule has 0 amide bonds. The highest BCUT2D eigenvalue weighted by molar-refractivity contribution is 5.90. The first-order valence-electron chi connectivity index (χ1n) is 13.9. The van der Waals surface area contributed by atoms with Crippen molar-refractivity contribution in [1.82, 2.24) is 0 Å². The molecular weight excluding hydrogens is 524 g/mol. The number of carbonyl (C=O) groups excluding carboxylic acids is 1. The van der Waals surface area contributed by atoms with Crippen LogP contribution in [0, 0.1) is 23.3 Å². The van der Waals surface area contributed by atoms with Crippen LogP contribution in [0.4, 0.5) is 17.6 Å². The largest absolute Gasteiger partial charge is 0.490 e. The number of ether oxygens (including phenoxy) is 3. The van der Waals surface area contributed by atoms with Crippen LogP contribution in [0.5, 0.6) is 5.75 Å². The molecular formula is C32H34F4O4. The Morgan fingerprint density at radius 2 is 1.45 bits per heavy atom. The lowest BCUT2D eigenvalue weighted by Gasteiger charge is -2.29. The van der Waals surface area contributed by atoms with E-state index in [0.29, 0.717) is 24.0 Å². The molecule has 1 aliphatic rings. The Bertz CT molecular complexity index is 1300. The predicted octanol–water partition coefficient (Wildman–Crippen LogP) is 8.65. The standard InChI is InChI=1S/C32H34F4O4/c1-3-5-6-7-22-12-13-23(19-39-22)40-32(37)26-15-14-24(28(33)30(26)35)20-8-10-21(11-9-20)25-16-17-27(38-18-4-2)31(36)29(25)34/h8-11,14-17,22-23H,3-7,12-13,18-19H2,1-2H3. The zero-order chi connectivity index (χ0) is 28.6. The van der Waals surface area contributed by atoms with Crippen molar-refractivity contribution < 1.29 is 36.6 Å². The fourth-order valence-electron chi connectivity index (χ4n) is 4.78. The van der Waals surface area contributed by atoms with Gasteiger partial charge in [0.1, 0.15) is 6.10 Å². The molecule has 2 unspecified atom stereocenters. The maximum Gasteiger partial charge on any atom is 0.341 e. The van der Waals surface area contributed by atoms with Crippen LogP contribution in [0.3, 0.4) is 0 Å². The van der Waals surface area contributed by atoms with E-state index < -0.39 is 40.9 Å². The number of benzene rings is 3. The third kappa shape index (κ3) is 6.84. The fourth-order valence-corrected chi connectivity index (χ4v) is 4.78. The highest BCUT2D eigenvalue weighted by Gasteiger charge is 2.27. The van der Waals surface area contributed by atoms with Gasteiger partial charge in [-0.2, -0.15) is 4.39 Å². The maximum absolute atomic E-state index is 15.0. The van der Waals surface area contributed by atoms with Gasteiger partial charge < -0.3 is 14.2 Å². The van der Waals surface area contributed by atoms with Crippen molar-refractivity contribution in [2.45, 2.75) is 71.0 Å². The molecule has 0 N–H and O–H groups in total. The second-order valence-corrected chi connectivity index (χ2v) is 10.0. The van der Waals surface area contributed by atoms with Gasteiger partial charge in [-0.25, -0.2) is 18.0 Å². The first kappa shape index (κ1) is 29.6.